The molecule has 0 spiro atoms. The van der Waals surface area contributed by atoms with E-state index < -0.39 is 16.9 Å². The van der Waals surface area contributed by atoms with Crippen LogP contribution in [0.5, 0.6) is 0 Å². The number of carbonyl (C=O) groups excluding carboxylic acids is 2. The highest BCUT2D eigenvalue weighted by atomic mass is 16.6. The molecule has 0 aliphatic rings. The number of non-ortho nitro benzene ring substituents is 1. The number of nitro groups is 1. The molecule has 0 aliphatic carbocycles. The lowest BCUT2D eigenvalue weighted by Crippen LogP contribution is -2.47. The van der Waals surface area contributed by atoms with Crippen LogP contribution in [0, 0.1) is 16.0 Å². The van der Waals surface area contributed by atoms with Gasteiger partial charge in [-0.25, -0.2) is 0 Å². The lowest BCUT2D eigenvalue weighted by molar-refractivity contribution is -0.384. The number of hydrogen-bond donors (Lipinski definition) is 2. The third kappa shape index (κ3) is 4.89. The number of hydrogen-bond acceptors (Lipinski definition) is 4. The number of carbonyl (C=O) groups is 2. The molecule has 2 rings (SSSR count). The van der Waals surface area contributed by atoms with Gasteiger partial charge in [0, 0.05) is 23.4 Å². The van der Waals surface area contributed by atoms with Gasteiger partial charge in [0.1, 0.15) is 6.04 Å². The predicted molar refractivity (Wildman–Crippen MR) is 98.9 cm³/mol. The lowest BCUT2D eigenvalue weighted by atomic mass is 9.97. The first-order chi connectivity index (χ1) is 12.4. The van der Waals surface area contributed by atoms with Gasteiger partial charge in [0.2, 0.25) is 5.91 Å². The zero-order valence-electron chi connectivity index (χ0n) is 14.6. The van der Waals surface area contributed by atoms with E-state index in [1.54, 1.807) is 36.4 Å². The molecular weight excluding hydrogens is 334 g/mol. The molecule has 2 atom stereocenters. The Bertz CT molecular complexity index is 792. The molecule has 7 nitrogen and oxygen atoms in total. The summed E-state index contributed by atoms with van der Waals surface area (Å²) in [4.78, 5) is 35.4. The van der Waals surface area contributed by atoms with Crippen molar-refractivity contribution in [2.45, 2.75) is 26.3 Å². The van der Waals surface area contributed by atoms with Crippen LogP contribution in [-0.2, 0) is 4.79 Å². The Kier molecular flexibility index (Phi) is 6.43. The second kappa shape index (κ2) is 8.75. The molecule has 0 heterocycles. The van der Waals surface area contributed by atoms with Crippen molar-refractivity contribution in [2.24, 2.45) is 5.92 Å². The van der Waals surface area contributed by atoms with E-state index in [4.69, 9.17) is 0 Å². The lowest BCUT2D eigenvalue weighted by Gasteiger charge is -2.23. The van der Waals surface area contributed by atoms with E-state index in [0.717, 1.165) is 0 Å². The summed E-state index contributed by atoms with van der Waals surface area (Å²) in [5.41, 5.74) is 0.659. The molecule has 2 N–H and O–H groups in total. The number of nitrogens with one attached hydrogen (secondary N) is 2. The van der Waals surface area contributed by atoms with E-state index >= 15 is 0 Å². The largest absolute Gasteiger partial charge is 0.340 e. The van der Waals surface area contributed by atoms with Gasteiger partial charge in [-0.05, 0) is 24.1 Å². The van der Waals surface area contributed by atoms with Crippen molar-refractivity contribution in [3.63, 3.8) is 0 Å². The molecule has 26 heavy (non-hydrogen) atoms. The second-order valence-corrected chi connectivity index (χ2v) is 6.00. The van der Waals surface area contributed by atoms with E-state index in [1.165, 1.54) is 18.2 Å². The molecule has 0 aromatic heterocycles. The molecule has 2 aromatic carbocycles. The van der Waals surface area contributed by atoms with Gasteiger partial charge in [-0.3, -0.25) is 19.7 Å². The number of nitro benzene ring substituents is 1. The minimum atomic E-state index is -0.757. The summed E-state index contributed by atoms with van der Waals surface area (Å²) in [5.74, 6) is -0.865. The normalized spacial score (nSPS) is 12.7. The average molecular weight is 355 g/mol. The topological polar surface area (TPSA) is 101 Å². The molecule has 0 radical (unpaired) electrons. The fourth-order valence-corrected chi connectivity index (χ4v) is 2.43. The van der Waals surface area contributed by atoms with Crippen molar-refractivity contribution in [3.8, 4) is 0 Å². The number of benzene rings is 2. The number of amides is 2. The van der Waals surface area contributed by atoms with Gasteiger partial charge in [0.15, 0.2) is 0 Å². The van der Waals surface area contributed by atoms with Crippen LogP contribution in [0.2, 0.25) is 0 Å². The third-order valence-electron chi connectivity index (χ3n) is 4.14. The van der Waals surface area contributed by atoms with Gasteiger partial charge in [-0.1, -0.05) is 44.5 Å². The maximum atomic E-state index is 12.7. The molecule has 136 valence electrons. The van der Waals surface area contributed by atoms with Crippen molar-refractivity contribution in [1.82, 2.24) is 5.32 Å². The highest BCUT2D eigenvalue weighted by Crippen LogP contribution is 2.18. The molecule has 0 saturated heterocycles. The number of nitrogens with zero attached hydrogens (tertiary/aromatic N) is 1. The van der Waals surface area contributed by atoms with Gasteiger partial charge >= 0.3 is 0 Å². The van der Waals surface area contributed by atoms with Crippen molar-refractivity contribution < 1.29 is 14.5 Å². The summed E-state index contributed by atoms with van der Waals surface area (Å²) in [7, 11) is 0. The summed E-state index contributed by atoms with van der Waals surface area (Å²) in [6.45, 7) is 3.79. The monoisotopic (exact) mass is 355 g/mol. The third-order valence-corrected chi connectivity index (χ3v) is 4.14. The van der Waals surface area contributed by atoms with E-state index in [-0.39, 0.29) is 17.5 Å². The van der Waals surface area contributed by atoms with Gasteiger partial charge in [0.05, 0.1) is 4.92 Å². The SMILES string of the molecule is CC[C@H](C)[C@H](NC(=O)c1ccccc1)C(=O)Nc1cccc([N+](=O)[O-])c1. The Morgan fingerprint density at radius 3 is 2.42 bits per heavy atom. The Morgan fingerprint density at radius 1 is 1.12 bits per heavy atom. The van der Waals surface area contributed by atoms with E-state index in [1.807, 2.05) is 13.8 Å². The maximum absolute atomic E-state index is 12.7. The Labute approximate surface area is 151 Å². The molecule has 0 bridgehead atoms. The van der Waals surface area contributed by atoms with Gasteiger partial charge in [0.25, 0.3) is 11.6 Å². The fraction of sp³-hybridized carbons (Fsp3) is 0.263. The van der Waals surface area contributed by atoms with Crippen LogP contribution >= 0.6 is 0 Å². The van der Waals surface area contributed by atoms with Gasteiger partial charge < -0.3 is 10.6 Å². The molecule has 0 unspecified atom stereocenters. The van der Waals surface area contributed by atoms with Crippen molar-refractivity contribution in [1.29, 1.82) is 0 Å². The molecular formula is C19H21N3O4. The zero-order valence-corrected chi connectivity index (χ0v) is 14.6. The maximum Gasteiger partial charge on any atom is 0.271 e. The summed E-state index contributed by atoms with van der Waals surface area (Å²) in [6, 6.07) is 13.6. The van der Waals surface area contributed by atoms with Crippen LogP contribution in [0.1, 0.15) is 30.6 Å². The molecule has 7 heteroatoms. The molecule has 2 amide bonds. The van der Waals surface area contributed by atoms with Crippen molar-refractivity contribution >= 4 is 23.2 Å². The average Bonchev–Trinajstić information content (AvgIpc) is 2.66. The molecule has 2 aromatic rings. The van der Waals surface area contributed by atoms with Crippen molar-refractivity contribution in [3.05, 3.63) is 70.3 Å². The first kappa shape index (κ1) is 19.1. The highest BCUT2D eigenvalue weighted by molar-refractivity contribution is 6.01. The first-order valence-corrected chi connectivity index (χ1v) is 8.33. The van der Waals surface area contributed by atoms with E-state index in [2.05, 4.69) is 10.6 Å². The van der Waals surface area contributed by atoms with E-state index in [9.17, 15) is 19.7 Å². The standard InChI is InChI=1S/C19H21N3O4/c1-3-13(2)17(21-18(23)14-8-5-4-6-9-14)19(24)20-15-10-7-11-16(12-15)22(25)26/h4-13,17H,3H2,1-2H3,(H,20,24)(H,21,23)/t13-,17-/m0/s1. The summed E-state index contributed by atoms with van der Waals surface area (Å²) in [5, 5.41) is 16.3. The molecule has 0 aliphatic heterocycles. The fourth-order valence-electron chi connectivity index (χ4n) is 2.43. The van der Waals surface area contributed by atoms with Crippen LogP contribution in [0.25, 0.3) is 0 Å². The Hall–Kier alpha value is -3.22. The van der Waals surface area contributed by atoms with Crippen LogP contribution in [0.3, 0.4) is 0 Å². The Morgan fingerprint density at radius 2 is 1.81 bits per heavy atom. The minimum absolute atomic E-state index is 0.110. The van der Waals surface area contributed by atoms with Gasteiger partial charge in [-0.15, -0.1) is 0 Å². The first-order valence-electron chi connectivity index (χ1n) is 8.33. The second-order valence-electron chi connectivity index (χ2n) is 6.00. The summed E-state index contributed by atoms with van der Waals surface area (Å²) < 4.78 is 0. The summed E-state index contributed by atoms with van der Waals surface area (Å²) >= 11 is 0. The van der Waals surface area contributed by atoms with Crippen LogP contribution in [-0.4, -0.2) is 22.8 Å². The van der Waals surface area contributed by atoms with Gasteiger partial charge in [-0.2, -0.15) is 0 Å². The smallest absolute Gasteiger partial charge is 0.271 e. The van der Waals surface area contributed by atoms with Crippen LogP contribution < -0.4 is 10.6 Å². The van der Waals surface area contributed by atoms with Crippen molar-refractivity contribution in [2.75, 3.05) is 5.32 Å². The quantitative estimate of drug-likeness (QED) is 0.587. The number of rotatable bonds is 7. The molecule has 0 saturated carbocycles. The zero-order chi connectivity index (χ0) is 19.1. The predicted octanol–water partition coefficient (Wildman–Crippen LogP) is 3.38. The minimum Gasteiger partial charge on any atom is -0.340 e. The highest BCUT2D eigenvalue weighted by Gasteiger charge is 2.26. The number of anilines is 1. The van der Waals surface area contributed by atoms with Crippen LogP contribution in [0.4, 0.5) is 11.4 Å². The molecule has 0 fully saturated rings. The Balaban J connectivity index is 2.15. The summed E-state index contributed by atoms with van der Waals surface area (Å²) in [6.07, 6.45) is 0.683. The van der Waals surface area contributed by atoms with E-state index in [0.29, 0.717) is 17.7 Å². The van der Waals surface area contributed by atoms with Crippen LogP contribution in [0.15, 0.2) is 54.6 Å².